The molecule has 0 aromatic carbocycles. The average Bonchev–Trinajstić information content (AvgIpc) is 2.32. The zero-order chi connectivity index (χ0) is 13.7. The van der Waals surface area contributed by atoms with Crippen LogP contribution in [0, 0.1) is 5.92 Å². The van der Waals surface area contributed by atoms with E-state index in [1.165, 1.54) is 13.8 Å². The maximum atomic E-state index is 11.3. The van der Waals surface area contributed by atoms with Crippen molar-refractivity contribution in [2.75, 3.05) is 6.61 Å². The summed E-state index contributed by atoms with van der Waals surface area (Å²) in [5.41, 5.74) is 0. The fraction of sp³-hybridized carbons (Fsp3) is 0.800. The number of ketones is 2. The van der Waals surface area contributed by atoms with E-state index in [0.717, 1.165) is 0 Å². The van der Waals surface area contributed by atoms with Crippen molar-refractivity contribution in [3.05, 3.63) is 0 Å². The molecule has 100 valence electrons. The first kappa shape index (κ1) is 16.1. The van der Waals surface area contributed by atoms with Crippen LogP contribution in [0.4, 0.5) is 0 Å². The van der Waals surface area contributed by atoms with E-state index in [1.54, 1.807) is 0 Å². The normalized spacial score (nSPS) is 18.6. The Morgan fingerprint density at radius 3 is 1.76 bits per heavy atom. The number of rotatable bonds is 7. The topological polar surface area (TPSA) is 135 Å². The Bertz CT molecular complexity index is 276. The lowest BCUT2D eigenvalue weighted by molar-refractivity contribution is -0.155. The van der Waals surface area contributed by atoms with E-state index >= 15 is 0 Å². The van der Waals surface area contributed by atoms with Gasteiger partial charge in [0.1, 0.15) is 24.4 Å². The minimum atomic E-state index is -2.12. The number of carbonyl (C=O) groups is 2. The Balaban J connectivity index is 4.65. The van der Waals surface area contributed by atoms with Crippen LogP contribution in [0.2, 0.25) is 0 Å². The van der Waals surface area contributed by atoms with Gasteiger partial charge in [-0.15, -0.1) is 0 Å². The van der Waals surface area contributed by atoms with Crippen LogP contribution in [-0.4, -0.2) is 68.1 Å². The zero-order valence-corrected chi connectivity index (χ0v) is 9.65. The summed E-state index contributed by atoms with van der Waals surface area (Å²) >= 11 is 0. The maximum absolute atomic E-state index is 11.3. The number of aliphatic hydroxyl groups is 5. The molecule has 0 aromatic rings. The van der Waals surface area contributed by atoms with Gasteiger partial charge in [0.2, 0.25) is 11.6 Å². The highest BCUT2D eigenvalue weighted by atomic mass is 16.4. The van der Waals surface area contributed by atoms with E-state index < -0.39 is 48.5 Å². The molecule has 0 aliphatic carbocycles. The van der Waals surface area contributed by atoms with Gasteiger partial charge in [-0.05, 0) is 0 Å². The Morgan fingerprint density at radius 2 is 1.41 bits per heavy atom. The fourth-order valence-electron chi connectivity index (χ4n) is 1.11. The van der Waals surface area contributed by atoms with E-state index in [0.29, 0.717) is 0 Å². The van der Waals surface area contributed by atoms with Crippen molar-refractivity contribution in [3.8, 4) is 0 Å². The molecule has 0 amide bonds. The first-order valence-corrected chi connectivity index (χ1v) is 5.15. The van der Waals surface area contributed by atoms with Gasteiger partial charge in [-0.25, -0.2) is 0 Å². The van der Waals surface area contributed by atoms with Crippen LogP contribution >= 0.6 is 0 Å². The van der Waals surface area contributed by atoms with Crippen LogP contribution < -0.4 is 0 Å². The lowest BCUT2D eigenvalue weighted by Crippen LogP contribution is -2.50. The van der Waals surface area contributed by atoms with Crippen molar-refractivity contribution < 1.29 is 35.1 Å². The Kier molecular flexibility index (Phi) is 6.43. The number of hydrogen-bond acceptors (Lipinski definition) is 7. The van der Waals surface area contributed by atoms with Crippen LogP contribution in [0.5, 0.6) is 0 Å². The first-order valence-electron chi connectivity index (χ1n) is 5.15. The highest BCUT2D eigenvalue weighted by molar-refractivity contribution is 6.39. The second-order valence-electron chi connectivity index (χ2n) is 4.06. The molecule has 0 aliphatic heterocycles. The number of carbonyl (C=O) groups excluding carboxylic acids is 2. The maximum Gasteiger partial charge on any atom is 0.229 e. The molecule has 0 aromatic heterocycles. The molecular weight excluding hydrogens is 232 g/mol. The number of aliphatic hydroxyl groups excluding tert-OH is 5. The number of Topliss-reactive ketones (excluding diaryl/α,β-unsaturated/α-hetero) is 2. The third-order valence-corrected chi connectivity index (χ3v) is 2.29. The highest BCUT2D eigenvalue weighted by Crippen LogP contribution is 2.08. The lowest BCUT2D eigenvalue weighted by atomic mass is 9.95. The standard InChI is InChI=1S/C10H18O7/c1-4(2)6(13)8(15)10(17)9(16)7(14)5(12)3-11/h4-5,7,9-12,14,16-17H,3H2,1-2H3. The Labute approximate surface area is 98.3 Å². The smallest absolute Gasteiger partial charge is 0.229 e. The van der Waals surface area contributed by atoms with Crippen LogP contribution in [0.25, 0.3) is 0 Å². The molecule has 0 saturated heterocycles. The van der Waals surface area contributed by atoms with Gasteiger partial charge in [0.25, 0.3) is 0 Å². The molecule has 17 heavy (non-hydrogen) atoms. The summed E-state index contributed by atoms with van der Waals surface area (Å²) < 4.78 is 0. The molecule has 0 saturated carbocycles. The summed E-state index contributed by atoms with van der Waals surface area (Å²) in [7, 11) is 0. The Morgan fingerprint density at radius 1 is 0.941 bits per heavy atom. The van der Waals surface area contributed by atoms with Crippen molar-refractivity contribution >= 4 is 11.6 Å². The van der Waals surface area contributed by atoms with Crippen molar-refractivity contribution in [1.82, 2.24) is 0 Å². The van der Waals surface area contributed by atoms with E-state index in [2.05, 4.69) is 0 Å². The van der Waals surface area contributed by atoms with Crippen molar-refractivity contribution in [2.24, 2.45) is 5.92 Å². The van der Waals surface area contributed by atoms with E-state index in [1.807, 2.05) is 0 Å². The molecule has 5 N–H and O–H groups in total. The van der Waals surface area contributed by atoms with Gasteiger partial charge in [-0.2, -0.15) is 0 Å². The summed E-state index contributed by atoms with van der Waals surface area (Å²) in [5.74, 6) is -2.77. The molecule has 0 heterocycles. The first-order chi connectivity index (χ1) is 7.73. The van der Waals surface area contributed by atoms with Crippen molar-refractivity contribution in [1.29, 1.82) is 0 Å². The molecule has 7 heteroatoms. The molecular formula is C10H18O7. The molecule has 0 rings (SSSR count). The van der Waals surface area contributed by atoms with Gasteiger partial charge in [-0.3, -0.25) is 9.59 Å². The van der Waals surface area contributed by atoms with E-state index in [9.17, 15) is 24.9 Å². The van der Waals surface area contributed by atoms with Gasteiger partial charge < -0.3 is 25.5 Å². The van der Waals surface area contributed by atoms with Gasteiger partial charge in [0.05, 0.1) is 6.61 Å². The minimum Gasteiger partial charge on any atom is -0.394 e. The molecule has 0 aliphatic rings. The minimum absolute atomic E-state index is 0.649. The third kappa shape index (κ3) is 4.14. The van der Waals surface area contributed by atoms with Gasteiger partial charge in [0.15, 0.2) is 0 Å². The van der Waals surface area contributed by atoms with Crippen molar-refractivity contribution in [3.63, 3.8) is 0 Å². The van der Waals surface area contributed by atoms with Crippen LogP contribution in [0.15, 0.2) is 0 Å². The molecule has 0 bridgehead atoms. The molecule has 0 spiro atoms. The Hall–Kier alpha value is -0.860. The molecule has 7 nitrogen and oxygen atoms in total. The predicted octanol–water partition coefficient (Wildman–Crippen LogP) is -2.78. The SMILES string of the molecule is CC(C)C(=O)C(=O)C(O)C(O)C(O)C(O)CO. The summed E-state index contributed by atoms with van der Waals surface area (Å²) in [6.45, 7) is 2.04. The summed E-state index contributed by atoms with van der Waals surface area (Å²) in [6.07, 6.45) is -7.78. The average molecular weight is 250 g/mol. The zero-order valence-electron chi connectivity index (χ0n) is 9.65. The van der Waals surface area contributed by atoms with Gasteiger partial charge in [-0.1, -0.05) is 13.8 Å². The van der Waals surface area contributed by atoms with Crippen molar-refractivity contribution in [2.45, 2.75) is 38.3 Å². The van der Waals surface area contributed by atoms with Gasteiger partial charge in [0, 0.05) is 5.92 Å². The number of hydrogen-bond donors (Lipinski definition) is 5. The van der Waals surface area contributed by atoms with E-state index in [4.69, 9.17) is 10.2 Å². The molecule has 4 atom stereocenters. The lowest BCUT2D eigenvalue weighted by Gasteiger charge is -2.24. The summed E-state index contributed by atoms with van der Waals surface area (Å²) in [5, 5.41) is 45.5. The fourth-order valence-corrected chi connectivity index (χ4v) is 1.11. The second-order valence-corrected chi connectivity index (χ2v) is 4.06. The highest BCUT2D eigenvalue weighted by Gasteiger charge is 2.37. The molecule has 0 radical (unpaired) electrons. The second kappa shape index (κ2) is 6.77. The van der Waals surface area contributed by atoms with E-state index in [-0.39, 0.29) is 0 Å². The quantitative estimate of drug-likeness (QED) is 0.308. The van der Waals surface area contributed by atoms with Crippen LogP contribution in [0.1, 0.15) is 13.8 Å². The van der Waals surface area contributed by atoms with Gasteiger partial charge >= 0.3 is 0 Å². The summed E-state index contributed by atoms with van der Waals surface area (Å²) in [6, 6.07) is 0. The van der Waals surface area contributed by atoms with Crippen LogP contribution in [0.3, 0.4) is 0 Å². The monoisotopic (exact) mass is 250 g/mol. The van der Waals surface area contributed by atoms with Crippen LogP contribution in [-0.2, 0) is 9.59 Å². The largest absolute Gasteiger partial charge is 0.394 e. The predicted molar refractivity (Wildman–Crippen MR) is 56.0 cm³/mol. The molecule has 0 fully saturated rings. The summed E-state index contributed by atoms with van der Waals surface area (Å²) in [4.78, 5) is 22.6. The third-order valence-electron chi connectivity index (χ3n) is 2.29. The molecule has 4 unspecified atom stereocenters.